The van der Waals surface area contributed by atoms with Crippen LogP contribution in [-0.4, -0.2) is 40.1 Å². The van der Waals surface area contributed by atoms with Crippen molar-refractivity contribution in [2.75, 3.05) is 23.3 Å². The molecular formula is C20H15ClF3N5O. The Morgan fingerprint density at radius 3 is 2.60 bits per heavy atom. The van der Waals surface area contributed by atoms with E-state index in [0.29, 0.717) is 13.0 Å². The summed E-state index contributed by atoms with van der Waals surface area (Å²) in [6, 6.07) is 4.45. The SMILES string of the molecule is O=C(Nc1c(-c2cc(F)ccc2F)ccnc1N1CC[C@H](F)C1)c1ncc(Cl)cn1. The Bertz CT molecular complexity index is 1100. The number of benzene rings is 1. The molecule has 1 atom stereocenters. The van der Waals surface area contributed by atoms with Crippen LogP contribution < -0.4 is 10.2 Å². The van der Waals surface area contributed by atoms with E-state index >= 15 is 0 Å². The Morgan fingerprint density at radius 2 is 1.90 bits per heavy atom. The zero-order valence-electron chi connectivity index (χ0n) is 15.4. The summed E-state index contributed by atoms with van der Waals surface area (Å²) >= 11 is 5.75. The zero-order valence-corrected chi connectivity index (χ0v) is 16.2. The second-order valence-corrected chi connectivity index (χ2v) is 7.13. The Morgan fingerprint density at radius 1 is 1.13 bits per heavy atom. The molecule has 1 amide bonds. The van der Waals surface area contributed by atoms with E-state index in [1.54, 1.807) is 4.90 Å². The van der Waals surface area contributed by atoms with Crippen molar-refractivity contribution in [2.24, 2.45) is 0 Å². The van der Waals surface area contributed by atoms with Gasteiger partial charge in [-0.25, -0.2) is 28.1 Å². The quantitative estimate of drug-likeness (QED) is 0.665. The molecule has 6 nitrogen and oxygen atoms in total. The van der Waals surface area contributed by atoms with E-state index in [-0.39, 0.29) is 40.0 Å². The van der Waals surface area contributed by atoms with Gasteiger partial charge in [-0.15, -0.1) is 0 Å². The average Bonchev–Trinajstić information content (AvgIpc) is 3.16. The van der Waals surface area contributed by atoms with Crippen molar-refractivity contribution >= 4 is 29.0 Å². The van der Waals surface area contributed by atoms with Gasteiger partial charge >= 0.3 is 0 Å². The van der Waals surface area contributed by atoms with Crippen molar-refractivity contribution in [1.82, 2.24) is 15.0 Å². The zero-order chi connectivity index (χ0) is 21.3. The van der Waals surface area contributed by atoms with Crippen molar-refractivity contribution in [3.8, 4) is 11.1 Å². The molecule has 4 rings (SSSR count). The topological polar surface area (TPSA) is 71.0 Å². The van der Waals surface area contributed by atoms with Crippen LogP contribution in [0.4, 0.5) is 24.7 Å². The Kier molecular flexibility index (Phi) is 5.54. The second-order valence-electron chi connectivity index (χ2n) is 6.69. The number of amides is 1. The molecule has 0 bridgehead atoms. The van der Waals surface area contributed by atoms with Crippen LogP contribution in [0.1, 0.15) is 17.0 Å². The van der Waals surface area contributed by atoms with E-state index in [9.17, 15) is 18.0 Å². The number of pyridine rings is 1. The third-order valence-electron chi connectivity index (χ3n) is 4.64. The van der Waals surface area contributed by atoms with E-state index in [2.05, 4.69) is 20.3 Å². The summed E-state index contributed by atoms with van der Waals surface area (Å²) in [6.45, 7) is 0.436. The van der Waals surface area contributed by atoms with Gasteiger partial charge in [-0.2, -0.15) is 0 Å². The van der Waals surface area contributed by atoms with Gasteiger partial charge < -0.3 is 10.2 Å². The lowest BCUT2D eigenvalue weighted by atomic mass is 10.0. The van der Waals surface area contributed by atoms with E-state index in [1.807, 2.05) is 0 Å². The van der Waals surface area contributed by atoms with Crippen LogP contribution in [0, 0.1) is 11.6 Å². The van der Waals surface area contributed by atoms with Gasteiger partial charge in [-0.1, -0.05) is 11.6 Å². The Labute approximate surface area is 174 Å². The second kappa shape index (κ2) is 8.27. The van der Waals surface area contributed by atoms with Gasteiger partial charge in [0.2, 0.25) is 5.82 Å². The molecule has 3 heterocycles. The number of halogens is 4. The molecule has 154 valence electrons. The smallest absolute Gasteiger partial charge is 0.293 e. The number of alkyl halides is 1. The maximum atomic E-state index is 14.5. The molecule has 1 aliphatic rings. The summed E-state index contributed by atoms with van der Waals surface area (Å²) < 4.78 is 42.1. The van der Waals surface area contributed by atoms with E-state index in [4.69, 9.17) is 11.6 Å². The number of nitrogens with one attached hydrogen (secondary N) is 1. The van der Waals surface area contributed by atoms with Crippen molar-refractivity contribution in [3.05, 3.63) is 65.3 Å². The summed E-state index contributed by atoms with van der Waals surface area (Å²) in [5.41, 5.74) is 0.239. The summed E-state index contributed by atoms with van der Waals surface area (Å²) in [5.74, 6) is -1.96. The lowest BCUT2D eigenvalue weighted by molar-refractivity contribution is 0.101. The largest absolute Gasteiger partial charge is 0.352 e. The molecule has 0 aliphatic carbocycles. The van der Waals surface area contributed by atoms with Crippen molar-refractivity contribution in [3.63, 3.8) is 0 Å². The summed E-state index contributed by atoms with van der Waals surface area (Å²) in [7, 11) is 0. The minimum absolute atomic E-state index is 0.0676. The van der Waals surface area contributed by atoms with E-state index in [0.717, 1.165) is 18.2 Å². The highest BCUT2D eigenvalue weighted by Crippen LogP contribution is 2.38. The highest BCUT2D eigenvalue weighted by Gasteiger charge is 2.28. The predicted octanol–water partition coefficient (Wildman–Crippen LogP) is 4.27. The lowest BCUT2D eigenvalue weighted by Gasteiger charge is -2.22. The molecule has 30 heavy (non-hydrogen) atoms. The minimum Gasteiger partial charge on any atom is -0.352 e. The van der Waals surface area contributed by atoms with Gasteiger partial charge in [-0.3, -0.25) is 4.79 Å². The molecule has 1 aliphatic heterocycles. The van der Waals surface area contributed by atoms with Gasteiger partial charge in [0, 0.05) is 36.3 Å². The van der Waals surface area contributed by atoms with E-state index < -0.39 is 23.7 Å². The first-order valence-electron chi connectivity index (χ1n) is 9.04. The van der Waals surface area contributed by atoms with Crippen molar-refractivity contribution in [1.29, 1.82) is 0 Å². The van der Waals surface area contributed by atoms with Crippen LogP contribution in [0.5, 0.6) is 0 Å². The fraction of sp³-hybridized carbons (Fsp3) is 0.200. The highest BCUT2D eigenvalue weighted by atomic mass is 35.5. The molecule has 10 heteroatoms. The van der Waals surface area contributed by atoms with Crippen molar-refractivity contribution in [2.45, 2.75) is 12.6 Å². The third-order valence-corrected chi connectivity index (χ3v) is 4.84. The van der Waals surface area contributed by atoms with E-state index in [1.165, 1.54) is 24.7 Å². The molecule has 1 fully saturated rings. The number of nitrogens with zero attached hydrogens (tertiary/aromatic N) is 4. The molecule has 0 spiro atoms. The number of carbonyl (C=O) groups is 1. The molecular weight excluding hydrogens is 419 g/mol. The number of aromatic nitrogens is 3. The average molecular weight is 434 g/mol. The molecule has 2 aromatic heterocycles. The Balaban J connectivity index is 1.81. The van der Waals surface area contributed by atoms with Crippen LogP contribution in [0.3, 0.4) is 0 Å². The number of carbonyl (C=O) groups excluding carboxylic acids is 1. The summed E-state index contributed by atoms with van der Waals surface area (Å²) in [5, 5.41) is 2.88. The van der Waals surface area contributed by atoms with Gasteiger partial charge in [-0.05, 0) is 30.7 Å². The maximum Gasteiger partial charge on any atom is 0.293 e. The molecule has 3 aromatic rings. The van der Waals surface area contributed by atoms with Gasteiger partial charge in [0.15, 0.2) is 5.82 Å². The standard InChI is InChI=1S/C20H15ClF3N5O/c21-11-8-26-18(27-9-11)20(30)28-17-14(15-7-12(22)1-2-16(15)24)3-5-25-19(17)29-6-4-13(23)10-29/h1-3,5,7-9,13H,4,6,10H2,(H,28,30)/t13-/m0/s1. The molecule has 0 unspecified atom stereocenters. The molecule has 0 saturated carbocycles. The fourth-order valence-corrected chi connectivity index (χ4v) is 3.35. The minimum atomic E-state index is -1.05. The van der Waals surface area contributed by atoms with Crippen LogP contribution in [0.25, 0.3) is 11.1 Å². The molecule has 1 aromatic carbocycles. The normalized spacial score (nSPS) is 16.0. The monoisotopic (exact) mass is 433 g/mol. The summed E-state index contributed by atoms with van der Waals surface area (Å²) in [4.78, 5) is 26.4. The third kappa shape index (κ3) is 4.06. The first kappa shape index (κ1) is 20.1. The van der Waals surface area contributed by atoms with Crippen LogP contribution in [0.2, 0.25) is 5.02 Å². The predicted molar refractivity (Wildman–Crippen MR) is 106 cm³/mol. The van der Waals surface area contributed by atoms with Gasteiger partial charge in [0.25, 0.3) is 5.91 Å². The number of anilines is 2. The van der Waals surface area contributed by atoms with Crippen LogP contribution >= 0.6 is 11.6 Å². The number of rotatable bonds is 4. The summed E-state index contributed by atoms with van der Waals surface area (Å²) in [6.07, 6.45) is 3.16. The molecule has 1 N–H and O–H groups in total. The number of hydrogen-bond donors (Lipinski definition) is 1. The van der Waals surface area contributed by atoms with Gasteiger partial charge in [0.1, 0.15) is 17.8 Å². The molecule has 1 saturated heterocycles. The van der Waals surface area contributed by atoms with Crippen molar-refractivity contribution < 1.29 is 18.0 Å². The maximum absolute atomic E-state index is 14.5. The molecule has 0 radical (unpaired) electrons. The lowest BCUT2D eigenvalue weighted by Crippen LogP contribution is -2.25. The Hall–Kier alpha value is -3.20. The highest BCUT2D eigenvalue weighted by molar-refractivity contribution is 6.30. The first-order chi connectivity index (χ1) is 14.4. The van der Waals surface area contributed by atoms with Gasteiger partial charge in [0.05, 0.1) is 17.3 Å². The fourth-order valence-electron chi connectivity index (χ4n) is 3.25. The first-order valence-corrected chi connectivity index (χ1v) is 9.42. The van der Waals surface area contributed by atoms with Crippen LogP contribution in [0.15, 0.2) is 42.9 Å². The number of hydrogen-bond acceptors (Lipinski definition) is 5. The van der Waals surface area contributed by atoms with Crippen LogP contribution in [-0.2, 0) is 0 Å².